The number of hydrogen-bond donors (Lipinski definition) is 0. The van der Waals surface area contributed by atoms with E-state index in [9.17, 15) is 23.2 Å². The van der Waals surface area contributed by atoms with Crippen LogP contribution >= 0.6 is 46.4 Å². The van der Waals surface area contributed by atoms with Crippen molar-refractivity contribution in [3.63, 3.8) is 0 Å². The molecule has 0 aliphatic rings. The Kier molecular flexibility index (Phi) is 7.00. The van der Waals surface area contributed by atoms with Crippen LogP contribution in [0.1, 0.15) is 27.0 Å². The van der Waals surface area contributed by atoms with Crippen LogP contribution in [-0.2, 0) is 25.0 Å². The molecule has 0 aliphatic carbocycles. The molecule has 14 heteroatoms. The summed E-state index contributed by atoms with van der Waals surface area (Å²) >= 11 is 24.4. The summed E-state index contributed by atoms with van der Waals surface area (Å²) in [7, 11) is 2.87. The summed E-state index contributed by atoms with van der Waals surface area (Å²) in [5.74, 6) is -1.56. The number of nitriles is 1. The van der Waals surface area contributed by atoms with E-state index in [0.29, 0.717) is 0 Å². The number of nitrogens with zero attached hydrogens (tertiary/aromatic N) is 5. The topological polar surface area (TPSA) is 85.7 Å². The van der Waals surface area contributed by atoms with Crippen LogP contribution in [0.25, 0.3) is 11.3 Å². The van der Waals surface area contributed by atoms with Crippen molar-refractivity contribution in [1.29, 1.82) is 5.26 Å². The normalized spacial score (nSPS) is 12.4. The predicted molar refractivity (Wildman–Crippen MR) is 116 cm³/mol. The Hall–Kier alpha value is -2.71. The first-order chi connectivity index (χ1) is 15.4. The van der Waals surface area contributed by atoms with E-state index in [1.807, 2.05) is 6.07 Å². The number of allylic oxidation sites excluding steroid dienone is 1. The Morgan fingerprint density at radius 3 is 1.85 bits per heavy atom. The van der Waals surface area contributed by atoms with Crippen LogP contribution in [-0.4, -0.2) is 25.5 Å². The van der Waals surface area contributed by atoms with Crippen molar-refractivity contribution in [3.8, 4) is 6.07 Å². The lowest BCUT2D eigenvalue weighted by atomic mass is 10.0. The smallest absolute Gasteiger partial charge is 0.416 e. The SMILES string of the molecule is Cn1nc(Cl)c(C(=O)O/C(=C(\C#N)c2ccc(C(F)(F)F)cc2)c2c(Cl)nn(C)c2Cl)c1Cl. The van der Waals surface area contributed by atoms with Gasteiger partial charge in [-0.3, -0.25) is 9.36 Å². The summed E-state index contributed by atoms with van der Waals surface area (Å²) in [6.07, 6.45) is -4.59. The highest BCUT2D eigenvalue weighted by Crippen LogP contribution is 2.38. The van der Waals surface area contributed by atoms with Crippen LogP contribution in [0.15, 0.2) is 24.3 Å². The summed E-state index contributed by atoms with van der Waals surface area (Å²) in [6.45, 7) is 0. The number of aryl methyl sites for hydroxylation is 2. The Morgan fingerprint density at radius 2 is 1.45 bits per heavy atom. The zero-order valence-corrected chi connectivity index (χ0v) is 19.5. The molecule has 0 unspecified atom stereocenters. The van der Waals surface area contributed by atoms with Crippen molar-refractivity contribution in [1.82, 2.24) is 19.6 Å². The van der Waals surface area contributed by atoms with Crippen molar-refractivity contribution in [2.75, 3.05) is 0 Å². The number of rotatable bonds is 4. The molecule has 0 radical (unpaired) electrons. The van der Waals surface area contributed by atoms with E-state index in [1.165, 1.54) is 14.1 Å². The number of esters is 1. The standard InChI is InChI=1S/C19H10Cl4F3N5O2/c1-30-16(22)11(14(20)28-30)13(33-18(32)12-15(21)29-31(2)17(12)23)10(7-27)8-3-5-9(6-4-8)19(24,25)26/h3-6H,1-2H3/b13-10+. The fraction of sp³-hybridized carbons (Fsp3) is 0.158. The third-order valence-corrected chi connectivity index (χ3v) is 5.73. The van der Waals surface area contributed by atoms with E-state index in [2.05, 4.69) is 10.2 Å². The van der Waals surface area contributed by atoms with Crippen molar-refractivity contribution < 1.29 is 22.7 Å². The van der Waals surface area contributed by atoms with Crippen LogP contribution in [0.4, 0.5) is 13.2 Å². The molecule has 1 aromatic carbocycles. The van der Waals surface area contributed by atoms with Gasteiger partial charge in [-0.2, -0.15) is 28.6 Å². The zero-order chi connectivity index (χ0) is 24.7. The average Bonchev–Trinajstić information content (AvgIpc) is 3.13. The van der Waals surface area contributed by atoms with Gasteiger partial charge >= 0.3 is 12.1 Å². The first kappa shape index (κ1) is 24.9. The maximum absolute atomic E-state index is 12.9. The molecule has 0 saturated carbocycles. The van der Waals surface area contributed by atoms with Crippen LogP contribution in [0.3, 0.4) is 0 Å². The Balaban J connectivity index is 2.22. The number of aromatic nitrogens is 4. The van der Waals surface area contributed by atoms with Gasteiger partial charge in [0.1, 0.15) is 27.5 Å². The van der Waals surface area contributed by atoms with Gasteiger partial charge in [0.2, 0.25) is 0 Å². The second kappa shape index (κ2) is 9.27. The maximum atomic E-state index is 12.9. The molecule has 0 N–H and O–H groups in total. The van der Waals surface area contributed by atoms with Crippen LogP contribution < -0.4 is 0 Å². The summed E-state index contributed by atoms with van der Waals surface area (Å²) in [5.41, 5.74) is -1.73. The minimum absolute atomic E-state index is 0.00679. The molecule has 0 saturated heterocycles. The molecule has 3 rings (SSSR count). The number of carbonyl (C=O) groups is 1. The van der Waals surface area contributed by atoms with Gasteiger partial charge in [0.05, 0.1) is 11.1 Å². The highest BCUT2D eigenvalue weighted by atomic mass is 35.5. The molecule has 0 spiro atoms. The Morgan fingerprint density at radius 1 is 0.970 bits per heavy atom. The van der Waals surface area contributed by atoms with Gasteiger partial charge in [0.25, 0.3) is 0 Å². The third-order valence-electron chi connectivity index (χ3n) is 4.33. The number of halogens is 7. The molecular weight excluding hydrogens is 529 g/mol. The molecule has 0 amide bonds. The summed E-state index contributed by atoms with van der Waals surface area (Å²) in [5, 5.41) is 16.8. The molecular formula is C19H10Cl4F3N5O2. The van der Waals surface area contributed by atoms with E-state index < -0.39 is 23.5 Å². The summed E-state index contributed by atoms with van der Waals surface area (Å²) in [4.78, 5) is 12.9. The highest BCUT2D eigenvalue weighted by Gasteiger charge is 2.32. The lowest BCUT2D eigenvalue weighted by molar-refractivity contribution is -0.137. The molecule has 0 aliphatic heterocycles. The van der Waals surface area contributed by atoms with Gasteiger partial charge in [-0.05, 0) is 17.7 Å². The lowest BCUT2D eigenvalue weighted by Gasteiger charge is -2.12. The molecule has 0 bridgehead atoms. The van der Waals surface area contributed by atoms with Crippen molar-refractivity contribution in [3.05, 3.63) is 67.1 Å². The van der Waals surface area contributed by atoms with E-state index in [1.54, 1.807) is 0 Å². The number of alkyl halides is 3. The average molecular weight is 539 g/mol. The molecule has 7 nitrogen and oxygen atoms in total. The Labute approximate surface area is 204 Å². The quantitative estimate of drug-likeness (QED) is 0.230. The number of benzene rings is 1. The van der Waals surface area contributed by atoms with Gasteiger partial charge in [-0.1, -0.05) is 58.5 Å². The predicted octanol–water partition coefficient (Wildman–Crippen LogP) is 6.03. The number of hydrogen-bond acceptors (Lipinski definition) is 5. The van der Waals surface area contributed by atoms with Gasteiger partial charge in [-0.25, -0.2) is 4.79 Å². The van der Waals surface area contributed by atoms with Crippen LogP contribution in [0, 0.1) is 11.3 Å². The Bertz CT molecular complexity index is 1320. The van der Waals surface area contributed by atoms with Gasteiger partial charge < -0.3 is 4.74 Å². The molecule has 2 heterocycles. The molecule has 0 atom stereocenters. The second-order valence-electron chi connectivity index (χ2n) is 6.44. The van der Waals surface area contributed by atoms with Crippen molar-refractivity contribution in [2.24, 2.45) is 14.1 Å². The van der Waals surface area contributed by atoms with E-state index in [0.717, 1.165) is 33.6 Å². The minimum Gasteiger partial charge on any atom is -0.420 e. The van der Waals surface area contributed by atoms with Gasteiger partial charge in [-0.15, -0.1) is 0 Å². The third kappa shape index (κ3) is 4.82. The largest absolute Gasteiger partial charge is 0.420 e. The number of carbonyl (C=O) groups excluding carboxylic acids is 1. The molecule has 172 valence electrons. The second-order valence-corrected chi connectivity index (χ2v) is 7.87. The molecule has 0 fully saturated rings. The zero-order valence-electron chi connectivity index (χ0n) is 16.5. The molecule has 33 heavy (non-hydrogen) atoms. The first-order valence-electron chi connectivity index (χ1n) is 8.67. The number of ether oxygens (including phenoxy) is 1. The summed E-state index contributed by atoms with van der Waals surface area (Å²) < 4.78 is 46.5. The first-order valence-corrected chi connectivity index (χ1v) is 10.2. The highest BCUT2D eigenvalue weighted by molar-refractivity contribution is 6.39. The summed E-state index contributed by atoms with van der Waals surface area (Å²) in [6, 6.07) is 5.43. The fourth-order valence-corrected chi connectivity index (χ4v) is 3.83. The van der Waals surface area contributed by atoms with E-state index >= 15 is 0 Å². The van der Waals surface area contributed by atoms with Gasteiger partial charge in [0, 0.05) is 14.1 Å². The molecule has 3 aromatic rings. The molecule has 2 aromatic heterocycles. The van der Waals surface area contributed by atoms with Crippen molar-refractivity contribution >= 4 is 63.7 Å². The van der Waals surface area contributed by atoms with E-state index in [-0.39, 0.29) is 42.9 Å². The van der Waals surface area contributed by atoms with Gasteiger partial charge in [0.15, 0.2) is 16.1 Å². The van der Waals surface area contributed by atoms with Crippen LogP contribution in [0.2, 0.25) is 20.6 Å². The van der Waals surface area contributed by atoms with Crippen molar-refractivity contribution in [2.45, 2.75) is 6.18 Å². The van der Waals surface area contributed by atoms with E-state index in [4.69, 9.17) is 51.1 Å². The maximum Gasteiger partial charge on any atom is 0.416 e. The monoisotopic (exact) mass is 537 g/mol. The fourth-order valence-electron chi connectivity index (χ4n) is 2.74. The van der Waals surface area contributed by atoms with Crippen LogP contribution in [0.5, 0.6) is 0 Å². The lowest BCUT2D eigenvalue weighted by Crippen LogP contribution is -2.08. The minimum atomic E-state index is -4.59.